The van der Waals surface area contributed by atoms with Crippen LogP contribution in [0.3, 0.4) is 0 Å². The van der Waals surface area contributed by atoms with Gasteiger partial charge in [0.25, 0.3) is 0 Å². The van der Waals surface area contributed by atoms with Gasteiger partial charge in [-0.1, -0.05) is 0 Å². The third-order valence-electron chi connectivity index (χ3n) is 0.167. The van der Waals surface area contributed by atoms with Crippen LogP contribution in [0.1, 0.15) is 0 Å². The summed E-state index contributed by atoms with van der Waals surface area (Å²) in [6.07, 6.45) is 0. The molecular weight excluding hydrogens is 359 g/mol. The average molecular weight is 359 g/mol. The molecule has 0 N–H and O–H groups in total. The summed E-state index contributed by atoms with van der Waals surface area (Å²) in [6.45, 7) is 0. The van der Waals surface area contributed by atoms with Gasteiger partial charge in [0.15, 0.2) is 0 Å². The Morgan fingerprint density at radius 2 is 1.00 bits per heavy atom. The van der Waals surface area contributed by atoms with Gasteiger partial charge in [0.2, 0.25) is 0 Å². The normalized spacial score (nSPS) is 5.83. The van der Waals surface area contributed by atoms with Gasteiger partial charge in [0.05, 0.1) is 11.9 Å². The van der Waals surface area contributed by atoms with Crippen molar-refractivity contribution in [3.8, 4) is 0 Å². The predicted octanol–water partition coefficient (Wildman–Crippen LogP) is -6.77. The van der Waals surface area contributed by atoms with E-state index in [1.54, 1.807) is 0 Å². The topological polar surface area (TPSA) is 143 Å². The van der Waals surface area contributed by atoms with Crippen LogP contribution in [0.25, 0.3) is 0 Å². The zero-order valence-corrected chi connectivity index (χ0v) is 14.3. The van der Waals surface area contributed by atoms with Gasteiger partial charge in [0, 0.05) is 0 Å². The van der Waals surface area contributed by atoms with E-state index in [1.165, 1.54) is 0 Å². The zero-order chi connectivity index (χ0) is 8.73. The number of aliphatic carboxylic acids is 2. The van der Waals surface area contributed by atoms with Crippen molar-refractivity contribution in [2.45, 2.75) is 0 Å². The third-order valence-corrected chi connectivity index (χ3v) is 0.167. The van der Waals surface area contributed by atoms with Crippen LogP contribution in [0, 0.1) is 0 Å². The fourth-order valence-electron chi connectivity index (χ4n) is 0. The van der Waals surface area contributed by atoms with Crippen LogP contribution in [-0.4, -0.2) is 103 Å². The van der Waals surface area contributed by atoms with E-state index >= 15 is 0 Å². The van der Waals surface area contributed by atoms with Crippen molar-refractivity contribution in [3.05, 3.63) is 0 Å². The minimum absolute atomic E-state index is 0. The second-order valence-electron chi connectivity index (χ2n) is 0.825. The summed E-state index contributed by atoms with van der Waals surface area (Å²) >= 11 is -4.08. The van der Waals surface area contributed by atoms with Crippen molar-refractivity contribution in [1.82, 2.24) is 0 Å². The molecule has 0 aromatic heterocycles. The summed E-state index contributed by atoms with van der Waals surface area (Å²) in [7, 11) is 0. The molecule has 0 atom stereocenters. The van der Waals surface area contributed by atoms with E-state index < -0.39 is 30.6 Å². The van der Waals surface area contributed by atoms with Crippen LogP contribution in [0.5, 0.6) is 0 Å². The molecule has 12 heavy (non-hydrogen) atoms. The van der Waals surface area contributed by atoms with E-state index in [9.17, 15) is 0 Å². The van der Waals surface area contributed by atoms with E-state index in [-0.39, 0.29) is 91.0 Å². The molecule has 0 aromatic carbocycles. The molecule has 0 unspecified atom stereocenters. The molecule has 7 nitrogen and oxygen atoms in total. The first-order valence-electron chi connectivity index (χ1n) is 1.68. The van der Waals surface area contributed by atoms with Crippen LogP contribution < -0.4 is 17.6 Å². The summed E-state index contributed by atoms with van der Waals surface area (Å²) in [5.74, 6) is -4.37. The molecule has 0 fully saturated rings. The maximum atomic E-state index is 8.93. The maximum absolute atomic E-state index is 8.93. The second-order valence-corrected chi connectivity index (χ2v) is 1.61. The molecule has 0 bridgehead atoms. The van der Waals surface area contributed by atoms with Gasteiger partial charge in [-0.15, -0.1) is 0 Å². The van der Waals surface area contributed by atoms with E-state index in [0.717, 1.165) is 0 Å². The van der Waals surface area contributed by atoms with E-state index in [4.69, 9.17) is 30.5 Å². The summed E-state index contributed by atoms with van der Waals surface area (Å²) in [5.41, 5.74) is 0. The Morgan fingerprint density at radius 3 is 1.00 bits per heavy atom. The Kier molecular flexibility index (Phi) is 31.4. The second kappa shape index (κ2) is 15.8. The summed E-state index contributed by atoms with van der Waals surface area (Å²) in [6, 6.07) is 0. The van der Waals surface area contributed by atoms with Crippen LogP contribution in [0.4, 0.5) is 0 Å². The molecule has 0 saturated carbocycles. The molecule has 0 radical (unpaired) electrons. The van der Waals surface area contributed by atoms with Gasteiger partial charge in [0.1, 0.15) is 0 Å². The minimum atomic E-state index is -4.08. The molecule has 0 spiro atoms. The summed E-state index contributed by atoms with van der Waals surface area (Å²) < 4.78 is 25.8. The monoisotopic (exact) mass is 360 g/mol. The van der Waals surface area contributed by atoms with Crippen LogP contribution in [0.2, 0.25) is 0 Å². The van der Waals surface area contributed by atoms with Crippen molar-refractivity contribution in [2.75, 3.05) is 0 Å². The minimum Gasteiger partial charge on any atom is 2.00 e. The fourth-order valence-corrected chi connectivity index (χ4v) is 0. The molecule has 0 saturated heterocycles. The smallest absolute Gasteiger partial charge is 2.00 e. The van der Waals surface area contributed by atoms with Crippen molar-refractivity contribution in [1.29, 1.82) is 0 Å². The van der Waals surface area contributed by atoms with Gasteiger partial charge >= 0.3 is 120 Å². The summed E-state index contributed by atoms with van der Waals surface area (Å²) in [5, 5.41) is 17.9. The van der Waals surface area contributed by atoms with Gasteiger partial charge in [-0.25, -0.2) is 0 Å². The van der Waals surface area contributed by atoms with E-state index in [1.807, 2.05) is 0 Å². The first-order valence-corrected chi connectivity index (χ1v) is 3.59. The first kappa shape index (κ1) is 23.9. The SMILES string of the molecule is O=C([O-])C(=O)[O-].[O]=[Ti]([O-])[O-].[Sr+2].[Sr+2]. The molecular formula is C2O7Sr2Ti. The molecule has 0 aliphatic heterocycles. The van der Waals surface area contributed by atoms with E-state index in [0.29, 0.717) is 0 Å². The number of hydrogen-bond acceptors (Lipinski definition) is 7. The van der Waals surface area contributed by atoms with Crippen LogP contribution in [0.15, 0.2) is 0 Å². The fraction of sp³-hybridized carbons (Fsp3) is 0. The largest absolute Gasteiger partial charge is 2.00 e. The van der Waals surface area contributed by atoms with Crippen molar-refractivity contribution >= 4 is 103 Å². The molecule has 10 heteroatoms. The molecule has 0 amide bonds. The number of carboxylic acids is 2. The zero-order valence-electron chi connectivity index (χ0n) is 5.77. The number of hydrogen-bond donors (Lipinski definition) is 0. The predicted molar refractivity (Wildman–Crippen MR) is 22.2 cm³/mol. The Labute approximate surface area is 148 Å². The maximum Gasteiger partial charge on any atom is 2.00 e. The molecule has 0 heterocycles. The Morgan fingerprint density at radius 1 is 0.917 bits per heavy atom. The molecule has 0 rings (SSSR count). The Hall–Kier alpha value is 2.34. The number of carbonyl (C=O) groups is 2. The van der Waals surface area contributed by atoms with Gasteiger partial charge in [-0.3, -0.25) is 0 Å². The van der Waals surface area contributed by atoms with Gasteiger partial charge in [-0.2, -0.15) is 0 Å². The van der Waals surface area contributed by atoms with Crippen LogP contribution in [-0.2, 0) is 31.5 Å². The summed E-state index contributed by atoms with van der Waals surface area (Å²) in [4.78, 5) is 17.9. The average Bonchev–Trinajstić information content (AvgIpc) is 1.63. The van der Waals surface area contributed by atoms with Crippen LogP contribution >= 0.6 is 0 Å². The van der Waals surface area contributed by atoms with Gasteiger partial charge < -0.3 is 19.8 Å². The van der Waals surface area contributed by atoms with Crippen molar-refractivity contribution < 1.29 is 49.1 Å². The molecule has 58 valence electrons. The standard InChI is InChI=1S/C2H2O4.3O.2Sr.Ti/c3-1(4)2(5)6;;;;;;/h(H,3,4)(H,5,6);;;;;;/q;;2*-1;2*+2;/p-2. The third kappa shape index (κ3) is 39.5. The quantitative estimate of drug-likeness (QED) is 0.309. The molecule has 0 aromatic rings. The molecule has 0 aliphatic carbocycles. The van der Waals surface area contributed by atoms with Crippen molar-refractivity contribution in [2.24, 2.45) is 0 Å². The Balaban J connectivity index is -0.0000000483. The number of carboxylic acid groups (broad SMARTS) is 2. The van der Waals surface area contributed by atoms with Crippen molar-refractivity contribution in [3.63, 3.8) is 0 Å². The Bertz CT molecular complexity index is 141. The van der Waals surface area contributed by atoms with Gasteiger partial charge in [-0.05, 0) is 0 Å². The first-order chi connectivity index (χ1) is 4.37. The molecule has 0 aliphatic rings. The number of carbonyl (C=O) groups excluding carboxylic acids is 2. The number of rotatable bonds is 0. The van der Waals surface area contributed by atoms with E-state index in [2.05, 4.69) is 0 Å².